The monoisotopic (exact) mass is 1640 g/mol. The van der Waals surface area contributed by atoms with Crippen molar-refractivity contribution in [3.05, 3.63) is 347 Å². The van der Waals surface area contributed by atoms with Crippen LogP contribution < -0.4 is 48.1 Å². The molecule has 0 saturated heterocycles. The third-order valence-electron chi connectivity index (χ3n) is 20.4. The molecule has 0 aliphatic heterocycles. The summed E-state index contributed by atoms with van der Waals surface area (Å²) in [6, 6.07) is 74.1. The highest BCUT2D eigenvalue weighted by molar-refractivity contribution is 6.16. The van der Waals surface area contributed by atoms with E-state index >= 15 is 26.3 Å². The van der Waals surface area contributed by atoms with Crippen LogP contribution in [0.25, 0.3) is 44.3 Å². The highest BCUT2D eigenvalue weighted by atomic mass is 19.4. The second kappa shape index (κ2) is 34.4. The first kappa shape index (κ1) is 81.4. The van der Waals surface area contributed by atoms with Crippen LogP contribution in [0.5, 0.6) is 34.5 Å². The van der Waals surface area contributed by atoms with Gasteiger partial charge in [0.15, 0.2) is 6.54 Å². The number of alkyl halides is 6. The molecule has 0 aliphatic rings. The van der Waals surface area contributed by atoms with E-state index in [9.17, 15) is 26.3 Å². The molecule has 0 aliphatic carbocycles. The highest BCUT2D eigenvalue weighted by Gasteiger charge is 2.43. The predicted octanol–water partition coefficient (Wildman–Crippen LogP) is 23.1. The van der Waals surface area contributed by atoms with E-state index in [2.05, 4.69) is 9.80 Å². The van der Waals surface area contributed by atoms with Crippen LogP contribution in [0.1, 0.15) is 33.4 Å². The molecule has 14 nitrogen and oxygen atoms in total. The number of fused-ring (bicyclic) bond motifs is 2. The van der Waals surface area contributed by atoms with Gasteiger partial charge in [-0.05, 0) is 243 Å². The lowest BCUT2D eigenvalue weighted by Gasteiger charge is -2.33. The number of hydrogen-bond acceptors (Lipinski definition) is 11. The number of halogens is 12. The van der Waals surface area contributed by atoms with Gasteiger partial charge in [0.1, 0.15) is 125 Å². The minimum Gasteiger partial charge on any atom is -0.493 e. The molecule has 15 aromatic rings. The Morgan fingerprint density at radius 1 is 0.325 bits per heavy atom. The molecule has 0 N–H and O–H groups in total. The molecule has 0 fully saturated rings. The van der Waals surface area contributed by atoms with Crippen molar-refractivity contribution in [2.75, 3.05) is 49.4 Å². The Kier molecular flexibility index (Phi) is 23.3. The van der Waals surface area contributed by atoms with E-state index in [1.54, 1.807) is 0 Å². The average molecular weight is 1640 g/mol. The van der Waals surface area contributed by atoms with Crippen molar-refractivity contribution in [2.45, 2.75) is 53.1 Å². The lowest BCUT2D eigenvalue weighted by Crippen LogP contribution is -2.55. The summed E-state index contributed by atoms with van der Waals surface area (Å²) in [5, 5.41) is 21.7. The first-order valence-electron chi connectivity index (χ1n) is 37.9. The summed E-state index contributed by atoms with van der Waals surface area (Å²) in [5.74, 6) is -5.50. The molecule has 2 heterocycles. The zero-order chi connectivity index (χ0) is 84.0. The lowest BCUT2D eigenvalue weighted by molar-refractivity contribution is -0.814. The van der Waals surface area contributed by atoms with Crippen molar-refractivity contribution in [2.24, 2.45) is 10.8 Å². The maximum Gasteiger partial charge on any atom is 0.419 e. The van der Waals surface area contributed by atoms with E-state index in [-0.39, 0.29) is 67.3 Å². The zero-order valence-corrected chi connectivity index (χ0v) is 64.8. The number of benzene rings is 13. The highest BCUT2D eigenvalue weighted by Crippen LogP contribution is 2.46. The van der Waals surface area contributed by atoms with Crippen LogP contribution in [0.2, 0.25) is 0 Å². The Labute approximate surface area is 681 Å². The summed E-state index contributed by atoms with van der Waals surface area (Å²) in [6.07, 6.45) is -10.3. The van der Waals surface area contributed by atoms with Crippen molar-refractivity contribution in [1.82, 2.24) is 25.2 Å². The van der Waals surface area contributed by atoms with Gasteiger partial charge in [0.2, 0.25) is 0 Å². The average Bonchev–Trinajstić information content (AvgIpc) is 1.55. The van der Waals surface area contributed by atoms with Crippen molar-refractivity contribution in [3.8, 4) is 56.8 Å². The van der Waals surface area contributed by atoms with Gasteiger partial charge in [-0.3, -0.25) is 0 Å². The van der Waals surface area contributed by atoms with E-state index in [4.69, 9.17) is 48.8 Å². The Morgan fingerprint density at radius 3 is 0.925 bits per heavy atom. The van der Waals surface area contributed by atoms with Crippen LogP contribution in [0.3, 0.4) is 0 Å². The fourth-order valence-corrected chi connectivity index (χ4v) is 14.0. The number of rotatable bonds is 30. The van der Waals surface area contributed by atoms with Crippen LogP contribution in [0, 0.1) is 73.4 Å². The number of hydrogen-bond donors (Lipinski definition) is 0. The normalized spacial score (nSPS) is 11.9. The molecule has 0 saturated carbocycles. The molecule has 15 rings (SSSR count). The summed E-state index contributed by atoms with van der Waals surface area (Å²) < 4.78 is 217. The zero-order valence-electron chi connectivity index (χ0n) is 64.8. The molecule has 13 aromatic carbocycles. The molecule has 0 amide bonds. The molecular formula is C94H74F12N8O6. The Hall–Kier alpha value is -13.8. The Bertz CT molecular complexity index is 5530. The summed E-state index contributed by atoms with van der Waals surface area (Å²) in [4.78, 5) is 6.78. The van der Waals surface area contributed by atoms with Crippen LogP contribution in [0.4, 0.5) is 86.8 Å². The van der Waals surface area contributed by atoms with Gasteiger partial charge in [0.05, 0.1) is 23.1 Å². The van der Waals surface area contributed by atoms with Crippen LogP contribution in [-0.4, -0.2) is 59.7 Å². The summed E-state index contributed by atoms with van der Waals surface area (Å²) in [5.41, 5.74) is 1.17. The van der Waals surface area contributed by atoms with E-state index in [0.717, 1.165) is 34.9 Å². The number of aromatic nitrogens is 6. The maximum absolute atomic E-state index is 15.1. The molecule has 0 unspecified atom stereocenters. The number of para-hydroxylation sites is 4. The van der Waals surface area contributed by atoms with E-state index < -0.39 is 133 Å². The van der Waals surface area contributed by atoms with Gasteiger partial charge in [-0.1, -0.05) is 97.1 Å². The number of aryl methyl sites for hydroxylation is 4. The van der Waals surface area contributed by atoms with Crippen LogP contribution in [-0.2, 0) is 25.4 Å². The molecule has 610 valence electrons. The Balaban J connectivity index is 0.977. The smallest absolute Gasteiger partial charge is 0.419 e. The summed E-state index contributed by atoms with van der Waals surface area (Å²) in [6.45, 7) is 2.38. The number of nitrogens with zero attached hydrogens (tertiary/aromatic N) is 8. The van der Waals surface area contributed by atoms with Crippen LogP contribution >= 0.6 is 0 Å². The van der Waals surface area contributed by atoms with Crippen LogP contribution in [0.15, 0.2) is 279 Å². The van der Waals surface area contributed by atoms with Gasteiger partial charge >= 0.3 is 12.4 Å². The van der Waals surface area contributed by atoms with Gasteiger partial charge in [-0.25, -0.2) is 26.3 Å². The third kappa shape index (κ3) is 18.3. The molecule has 26 heteroatoms. The van der Waals surface area contributed by atoms with Gasteiger partial charge in [0, 0.05) is 56.3 Å². The van der Waals surface area contributed by atoms with Gasteiger partial charge in [0.25, 0.3) is 0 Å². The van der Waals surface area contributed by atoms with Crippen molar-refractivity contribution in [1.29, 1.82) is 0 Å². The number of anilines is 6. The standard InChI is InChI=1S/C94H74F12N8O6/c1-59-45-71(33-39-79(59)95)115-53-91(54-116-72-34-40-80(96)60(2)46-72,57-119-75-37-43-83(99)77(49-75)93(101,102)103)51-111-107-87-85(63-25-29-69(30-26-63)113(65-17-9-5-10-18-65)66-19-11-6-12-20-66)89-90(86(88(87)108-111)64-27-31-70(32-28-64)114(67-21-13-7-14-22-67)68-23-15-8-16-24-68)110-112(109-89)52-92(55-117-73-35-41-81(97)61(3)47-73,56-118-74-36-42-82(98)62(4)48-74)58-120-76-38-44-84(100)78(50-76)94(104,105)106/h5-50H,51-58H2,1-4H3. The van der Waals surface area contributed by atoms with Crippen molar-refractivity contribution < 1.29 is 85.9 Å². The molecule has 0 bridgehead atoms. The second-order valence-electron chi connectivity index (χ2n) is 29.4. The molecular weight excluding hydrogens is 1570 g/mol. The fourth-order valence-electron chi connectivity index (χ4n) is 14.0. The molecule has 0 radical (unpaired) electrons. The van der Waals surface area contributed by atoms with Crippen molar-refractivity contribution in [3.63, 3.8) is 0 Å². The van der Waals surface area contributed by atoms with E-state index in [0.29, 0.717) is 57.9 Å². The second-order valence-corrected chi connectivity index (χ2v) is 29.4. The first-order chi connectivity index (χ1) is 57.7. The molecule has 0 spiro atoms. The molecule has 2 aromatic heterocycles. The van der Waals surface area contributed by atoms with Gasteiger partial charge < -0.3 is 38.2 Å². The quantitative estimate of drug-likeness (QED) is 0.0314. The summed E-state index contributed by atoms with van der Waals surface area (Å²) in [7, 11) is 0. The predicted molar refractivity (Wildman–Crippen MR) is 432 cm³/mol. The fraction of sp³-hybridized carbons (Fsp3) is 0.170. The summed E-state index contributed by atoms with van der Waals surface area (Å²) >= 11 is 0. The number of ether oxygens (including phenoxy) is 6. The third-order valence-corrected chi connectivity index (χ3v) is 20.4. The largest absolute Gasteiger partial charge is 0.493 e. The van der Waals surface area contributed by atoms with E-state index in [1.165, 1.54) is 110 Å². The minimum absolute atomic E-state index is 0.156. The minimum atomic E-state index is -5.15. The van der Waals surface area contributed by atoms with Gasteiger partial charge in [-0.15, -0.1) is 0 Å². The molecule has 120 heavy (non-hydrogen) atoms. The first-order valence-corrected chi connectivity index (χ1v) is 37.9. The van der Waals surface area contributed by atoms with E-state index in [1.807, 2.05) is 170 Å². The van der Waals surface area contributed by atoms with Gasteiger partial charge in [-0.2, -0.15) is 56.3 Å². The van der Waals surface area contributed by atoms with Crippen molar-refractivity contribution >= 4 is 56.2 Å². The maximum atomic E-state index is 15.1. The topological polar surface area (TPSA) is 123 Å². The molecule has 0 atom stereocenters. The SMILES string of the molecule is Cc1cc(OCC(COc2ccc(F)c(C)c2)(COc2ccc(F)c(C(F)(F)F)c2)Cn2nc3c(-c4ccc(N(c5ccccc5)c5ccccc5)cc4)c4n[n+](CC(COc5ccc(F)c(C)c5)(COc5ccc(F)c(C)c5)COc5ccc(F)c(C(F)(F)F)c5)[n-]c4c(-c4ccc(N(c5ccccc5)c5ccccc5)cc4)c3n2)ccc1F. The lowest BCUT2D eigenvalue weighted by atomic mass is 9.90. The Morgan fingerprint density at radius 2 is 0.608 bits per heavy atom.